The van der Waals surface area contributed by atoms with Crippen LogP contribution >= 0.6 is 0 Å². The molecule has 0 saturated heterocycles. The molecule has 0 aliphatic heterocycles. The Kier molecular flexibility index (Phi) is 12.9. The predicted molar refractivity (Wildman–Crippen MR) is 79.7 cm³/mol. The van der Waals surface area contributed by atoms with Crippen LogP contribution in [0.25, 0.3) is 0 Å². The molecule has 1 N–H and O–H groups in total. The molecule has 1 atom stereocenters. The van der Waals surface area contributed by atoms with E-state index < -0.39 is 5.54 Å². The second kappa shape index (κ2) is 13.3. The molecule has 0 spiro atoms. The number of nitriles is 1. The highest BCUT2D eigenvalue weighted by Crippen LogP contribution is 2.12. The minimum absolute atomic E-state index is 0.403. The van der Waals surface area contributed by atoms with Crippen molar-refractivity contribution in [1.82, 2.24) is 5.32 Å². The van der Waals surface area contributed by atoms with E-state index in [-0.39, 0.29) is 0 Å². The lowest BCUT2D eigenvalue weighted by Gasteiger charge is -2.22. The summed E-state index contributed by atoms with van der Waals surface area (Å²) in [5.74, 6) is 0. The number of rotatable bonds is 14. The second-order valence-corrected chi connectivity index (χ2v) is 5.05. The zero-order valence-corrected chi connectivity index (χ0v) is 13.2. The number of ether oxygens (including phenoxy) is 3. The van der Waals surface area contributed by atoms with Crippen molar-refractivity contribution in [2.45, 2.75) is 45.1 Å². The maximum absolute atomic E-state index is 9.18. The van der Waals surface area contributed by atoms with Crippen molar-refractivity contribution in [2.24, 2.45) is 0 Å². The van der Waals surface area contributed by atoms with Gasteiger partial charge in [0.1, 0.15) is 5.54 Å². The Bertz CT molecular complexity index is 256. The molecule has 5 nitrogen and oxygen atoms in total. The third kappa shape index (κ3) is 11.2. The molecule has 20 heavy (non-hydrogen) atoms. The summed E-state index contributed by atoms with van der Waals surface area (Å²) in [6.45, 7) is 8.15. The smallest absolute Gasteiger partial charge is 0.103 e. The lowest BCUT2D eigenvalue weighted by molar-refractivity contribution is 0.0238. The van der Waals surface area contributed by atoms with Crippen molar-refractivity contribution >= 4 is 0 Å². The third-order valence-corrected chi connectivity index (χ3v) is 3.03. The lowest BCUT2D eigenvalue weighted by Crippen LogP contribution is -2.41. The first-order valence-electron chi connectivity index (χ1n) is 7.49. The van der Waals surface area contributed by atoms with Gasteiger partial charge < -0.3 is 14.2 Å². The summed E-state index contributed by atoms with van der Waals surface area (Å²) < 4.78 is 15.6. The molecular weight excluding hydrogens is 256 g/mol. The van der Waals surface area contributed by atoms with Gasteiger partial charge in [-0.1, -0.05) is 6.92 Å². The van der Waals surface area contributed by atoms with Gasteiger partial charge in [-0.3, -0.25) is 5.32 Å². The second-order valence-electron chi connectivity index (χ2n) is 5.05. The van der Waals surface area contributed by atoms with E-state index in [1.165, 1.54) is 0 Å². The van der Waals surface area contributed by atoms with Crippen molar-refractivity contribution < 1.29 is 14.2 Å². The van der Waals surface area contributed by atoms with E-state index in [1.807, 2.05) is 6.92 Å². The van der Waals surface area contributed by atoms with Crippen LogP contribution in [0, 0.1) is 11.3 Å². The van der Waals surface area contributed by atoms with Crippen molar-refractivity contribution in [2.75, 3.05) is 46.7 Å². The molecule has 1 unspecified atom stereocenters. The van der Waals surface area contributed by atoms with Crippen LogP contribution in [-0.2, 0) is 14.2 Å². The minimum atomic E-state index is -0.403. The van der Waals surface area contributed by atoms with Gasteiger partial charge in [0.25, 0.3) is 0 Å². The molecule has 0 amide bonds. The van der Waals surface area contributed by atoms with Gasteiger partial charge in [0.15, 0.2) is 0 Å². The highest BCUT2D eigenvalue weighted by Gasteiger charge is 2.21. The van der Waals surface area contributed by atoms with E-state index in [0.29, 0.717) is 26.4 Å². The predicted octanol–water partition coefficient (Wildman–Crippen LogP) is 2.12. The van der Waals surface area contributed by atoms with E-state index in [0.717, 1.165) is 38.8 Å². The summed E-state index contributed by atoms with van der Waals surface area (Å²) in [5, 5.41) is 12.5. The number of nitrogens with zero attached hydrogens (tertiary/aromatic N) is 1. The fourth-order valence-corrected chi connectivity index (χ4v) is 1.73. The highest BCUT2D eigenvalue weighted by molar-refractivity contribution is 5.03. The lowest BCUT2D eigenvalue weighted by atomic mass is 9.96. The topological polar surface area (TPSA) is 63.5 Å². The monoisotopic (exact) mass is 286 g/mol. The quantitative estimate of drug-likeness (QED) is 0.496. The molecular formula is C15H30N2O3. The number of methoxy groups -OCH3 is 1. The Labute approximate surface area is 123 Å². The zero-order chi connectivity index (χ0) is 15.1. The maximum atomic E-state index is 9.18. The molecule has 5 heteroatoms. The van der Waals surface area contributed by atoms with Crippen LogP contribution in [0.3, 0.4) is 0 Å². The summed E-state index contributed by atoms with van der Waals surface area (Å²) in [5.41, 5.74) is -0.403. The normalized spacial score (nSPS) is 13.9. The van der Waals surface area contributed by atoms with Crippen LogP contribution in [0.1, 0.15) is 39.5 Å². The van der Waals surface area contributed by atoms with Crippen LogP contribution in [0.4, 0.5) is 0 Å². The highest BCUT2D eigenvalue weighted by atomic mass is 16.5. The van der Waals surface area contributed by atoms with Crippen molar-refractivity contribution in [3.05, 3.63) is 0 Å². The molecule has 0 radical (unpaired) electrons. The van der Waals surface area contributed by atoms with E-state index >= 15 is 0 Å². The van der Waals surface area contributed by atoms with E-state index in [9.17, 15) is 5.26 Å². The molecule has 0 heterocycles. The average molecular weight is 286 g/mol. The van der Waals surface area contributed by atoms with Crippen molar-refractivity contribution in [3.8, 4) is 6.07 Å². The number of hydrogen-bond donors (Lipinski definition) is 1. The van der Waals surface area contributed by atoms with Gasteiger partial charge in [0.2, 0.25) is 0 Å². The first-order chi connectivity index (χ1) is 9.68. The van der Waals surface area contributed by atoms with E-state index in [1.54, 1.807) is 7.11 Å². The molecule has 0 fully saturated rings. The van der Waals surface area contributed by atoms with Crippen LogP contribution in [0.2, 0.25) is 0 Å². The Hall–Kier alpha value is -0.670. The van der Waals surface area contributed by atoms with Crippen LogP contribution in [0.15, 0.2) is 0 Å². The van der Waals surface area contributed by atoms with E-state index in [2.05, 4.69) is 18.3 Å². The third-order valence-electron chi connectivity index (χ3n) is 3.03. The Morgan fingerprint density at radius 1 is 1.05 bits per heavy atom. The fourth-order valence-electron chi connectivity index (χ4n) is 1.73. The van der Waals surface area contributed by atoms with Crippen molar-refractivity contribution in [1.29, 1.82) is 5.26 Å². The molecule has 0 aromatic carbocycles. The van der Waals surface area contributed by atoms with E-state index in [4.69, 9.17) is 14.2 Å². The molecule has 118 valence electrons. The number of nitrogens with one attached hydrogen (secondary N) is 1. The van der Waals surface area contributed by atoms with Gasteiger partial charge in [0.05, 0.1) is 32.5 Å². The van der Waals surface area contributed by atoms with Gasteiger partial charge in [0, 0.05) is 13.7 Å². The van der Waals surface area contributed by atoms with Crippen molar-refractivity contribution in [3.63, 3.8) is 0 Å². The van der Waals surface area contributed by atoms with Crippen LogP contribution < -0.4 is 5.32 Å². The Balaban J connectivity index is 3.40. The average Bonchev–Trinajstić information content (AvgIpc) is 2.47. The van der Waals surface area contributed by atoms with Gasteiger partial charge in [-0.25, -0.2) is 0 Å². The fraction of sp³-hybridized carbons (Fsp3) is 0.933. The molecule has 0 aliphatic rings. The van der Waals surface area contributed by atoms with Crippen LogP contribution in [0.5, 0.6) is 0 Å². The maximum Gasteiger partial charge on any atom is 0.103 e. The van der Waals surface area contributed by atoms with Crippen LogP contribution in [-0.4, -0.2) is 52.2 Å². The summed E-state index contributed by atoms with van der Waals surface area (Å²) in [4.78, 5) is 0. The minimum Gasteiger partial charge on any atom is -0.382 e. The Morgan fingerprint density at radius 3 is 2.30 bits per heavy atom. The number of hydrogen-bond acceptors (Lipinski definition) is 5. The molecule has 0 rings (SSSR count). The van der Waals surface area contributed by atoms with Gasteiger partial charge in [-0.2, -0.15) is 5.26 Å². The summed E-state index contributed by atoms with van der Waals surface area (Å²) in [7, 11) is 1.66. The molecule has 0 saturated carbocycles. The largest absolute Gasteiger partial charge is 0.382 e. The molecule has 0 aliphatic carbocycles. The van der Waals surface area contributed by atoms with Gasteiger partial charge in [-0.15, -0.1) is 0 Å². The summed E-state index contributed by atoms with van der Waals surface area (Å²) in [6.07, 6.45) is 3.87. The van der Waals surface area contributed by atoms with Gasteiger partial charge >= 0.3 is 0 Å². The Morgan fingerprint density at radius 2 is 1.70 bits per heavy atom. The first kappa shape index (κ1) is 19.3. The van der Waals surface area contributed by atoms with Gasteiger partial charge in [-0.05, 0) is 39.2 Å². The first-order valence-corrected chi connectivity index (χ1v) is 7.49. The number of unbranched alkanes of at least 4 members (excludes halogenated alkanes) is 1. The molecule has 0 bridgehead atoms. The standard InChI is InChI=1S/C15H30N2O3/c1-4-8-17-15(2,14-16)7-5-6-9-19-12-13-20-11-10-18-3/h17H,4-13H2,1-3H3. The zero-order valence-electron chi connectivity index (χ0n) is 13.2. The molecule has 0 aromatic rings. The summed E-state index contributed by atoms with van der Waals surface area (Å²) in [6, 6.07) is 2.36. The molecule has 0 aromatic heterocycles. The SMILES string of the molecule is CCCNC(C)(C#N)CCCCOCCOCCOC. The summed E-state index contributed by atoms with van der Waals surface area (Å²) >= 11 is 0.